The molecule has 2 atom stereocenters. The van der Waals surface area contributed by atoms with Crippen LogP contribution in [0.25, 0.3) is 0 Å². The van der Waals surface area contributed by atoms with Crippen molar-refractivity contribution in [3.8, 4) is 0 Å². The molecule has 0 saturated carbocycles. The first-order valence-corrected chi connectivity index (χ1v) is 10.3. The average Bonchev–Trinajstić information content (AvgIpc) is 3.30. The molecule has 1 fully saturated rings. The van der Waals surface area contributed by atoms with Crippen molar-refractivity contribution in [2.45, 2.75) is 32.4 Å². The smallest absolute Gasteiger partial charge is 0.323 e. The molecule has 0 bridgehead atoms. The Bertz CT molecular complexity index is 840. The van der Waals surface area contributed by atoms with Crippen LogP contribution in [0.2, 0.25) is 0 Å². The van der Waals surface area contributed by atoms with Gasteiger partial charge in [-0.05, 0) is 30.4 Å². The molecule has 7 nitrogen and oxygen atoms in total. The number of hydrogen-bond donors (Lipinski definition) is 3. The molecular formula is C20H25N4O3S+. The first-order valence-electron chi connectivity index (χ1n) is 9.37. The molecule has 2 heterocycles. The van der Waals surface area contributed by atoms with Gasteiger partial charge in [-0.2, -0.15) is 5.01 Å². The summed E-state index contributed by atoms with van der Waals surface area (Å²) in [5, 5.41) is 5.58. The van der Waals surface area contributed by atoms with Crippen LogP contribution in [0, 0.1) is 0 Å². The molecule has 1 aromatic heterocycles. The third kappa shape index (κ3) is 3.93. The molecule has 0 radical (unpaired) electrons. The molecule has 1 aliphatic rings. The highest BCUT2D eigenvalue weighted by molar-refractivity contribution is 7.09. The van der Waals surface area contributed by atoms with E-state index in [0.717, 1.165) is 23.0 Å². The highest BCUT2D eigenvalue weighted by atomic mass is 32.1. The van der Waals surface area contributed by atoms with E-state index in [-0.39, 0.29) is 12.5 Å². The number of hydrazine groups is 1. The molecule has 3 N–H and O–H groups in total. The summed E-state index contributed by atoms with van der Waals surface area (Å²) in [6, 6.07) is 12.5. The summed E-state index contributed by atoms with van der Waals surface area (Å²) < 4.78 is 0. The Morgan fingerprint density at radius 3 is 2.54 bits per heavy atom. The fourth-order valence-corrected chi connectivity index (χ4v) is 4.18. The van der Waals surface area contributed by atoms with E-state index in [2.05, 4.69) is 10.7 Å². The number of imide groups is 1. The van der Waals surface area contributed by atoms with Crippen LogP contribution in [0.4, 0.5) is 4.79 Å². The van der Waals surface area contributed by atoms with Crippen LogP contribution in [-0.4, -0.2) is 35.9 Å². The van der Waals surface area contributed by atoms with Gasteiger partial charge in [-0.1, -0.05) is 43.3 Å². The van der Waals surface area contributed by atoms with Gasteiger partial charge in [-0.15, -0.1) is 11.3 Å². The lowest BCUT2D eigenvalue weighted by molar-refractivity contribution is -0.903. The topological polar surface area (TPSA) is 82.9 Å². The van der Waals surface area contributed by atoms with E-state index in [0.29, 0.717) is 12.0 Å². The first kappa shape index (κ1) is 20.0. The first-order chi connectivity index (χ1) is 13.5. The molecular weight excluding hydrogens is 376 g/mol. The predicted octanol–water partition coefficient (Wildman–Crippen LogP) is 1.04. The molecule has 8 heteroatoms. The number of amides is 4. The minimum Gasteiger partial charge on any atom is -0.323 e. The zero-order valence-corrected chi connectivity index (χ0v) is 16.8. The number of likely N-dealkylation sites (N-methyl/N-ethyl adjacent to an activating group) is 1. The van der Waals surface area contributed by atoms with Gasteiger partial charge in [0.1, 0.15) is 12.1 Å². The van der Waals surface area contributed by atoms with Gasteiger partial charge in [-0.3, -0.25) is 15.0 Å². The molecule has 28 heavy (non-hydrogen) atoms. The summed E-state index contributed by atoms with van der Waals surface area (Å²) in [5.41, 5.74) is 2.04. The third-order valence-corrected chi connectivity index (χ3v) is 5.92. The largest absolute Gasteiger partial charge is 0.344 e. The third-order valence-electron chi connectivity index (χ3n) is 5.04. The molecule has 1 saturated heterocycles. The zero-order chi connectivity index (χ0) is 20.1. The van der Waals surface area contributed by atoms with Crippen molar-refractivity contribution in [2.24, 2.45) is 0 Å². The summed E-state index contributed by atoms with van der Waals surface area (Å²) >= 11 is 1.65. The fourth-order valence-electron chi connectivity index (χ4n) is 3.40. The number of urea groups is 1. The minimum absolute atomic E-state index is 0.177. The predicted molar refractivity (Wildman–Crippen MR) is 106 cm³/mol. The summed E-state index contributed by atoms with van der Waals surface area (Å²) in [4.78, 5) is 40.3. The second-order valence-electron chi connectivity index (χ2n) is 6.77. The van der Waals surface area contributed by atoms with E-state index in [1.54, 1.807) is 23.5 Å². The number of benzene rings is 1. The van der Waals surface area contributed by atoms with Gasteiger partial charge in [0, 0.05) is 0 Å². The van der Waals surface area contributed by atoms with E-state index in [1.807, 2.05) is 49.6 Å². The van der Waals surface area contributed by atoms with Crippen LogP contribution in [0.1, 0.15) is 30.7 Å². The number of thiophene rings is 1. The van der Waals surface area contributed by atoms with Gasteiger partial charge in [0.2, 0.25) is 0 Å². The van der Waals surface area contributed by atoms with Crippen LogP contribution < -0.4 is 15.6 Å². The molecule has 3 rings (SSSR count). The number of hydrogen-bond acceptors (Lipinski definition) is 4. The van der Waals surface area contributed by atoms with Gasteiger partial charge >= 0.3 is 6.03 Å². The van der Waals surface area contributed by atoms with Crippen molar-refractivity contribution in [1.29, 1.82) is 0 Å². The minimum atomic E-state index is -1.15. The maximum atomic E-state index is 13.0. The van der Waals surface area contributed by atoms with Crippen LogP contribution in [-0.2, 0) is 21.7 Å². The Balaban J connectivity index is 1.69. The van der Waals surface area contributed by atoms with Crippen LogP contribution >= 0.6 is 11.3 Å². The van der Waals surface area contributed by atoms with Gasteiger partial charge in [0.05, 0.1) is 11.4 Å². The number of carbonyl (C=O) groups is 3. The lowest BCUT2D eigenvalue weighted by atomic mass is 9.87. The van der Waals surface area contributed by atoms with E-state index in [4.69, 9.17) is 0 Å². The van der Waals surface area contributed by atoms with Crippen molar-refractivity contribution in [3.63, 3.8) is 0 Å². The zero-order valence-electron chi connectivity index (χ0n) is 16.0. The maximum Gasteiger partial charge on any atom is 0.344 e. The highest BCUT2D eigenvalue weighted by Gasteiger charge is 2.52. The summed E-state index contributed by atoms with van der Waals surface area (Å²) in [7, 11) is 0. The number of rotatable bonds is 8. The van der Waals surface area contributed by atoms with E-state index >= 15 is 0 Å². The number of carbonyl (C=O) groups excluding carboxylic acids is 3. The second kappa shape index (κ2) is 8.53. The maximum absolute atomic E-state index is 13.0. The van der Waals surface area contributed by atoms with E-state index in [1.165, 1.54) is 4.88 Å². The molecule has 1 unspecified atom stereocenters. The van der Waals surface area contributed by atoms with Crippen molar-refractivity contribution in [1.82, 2.24) is 15.8 Å². The summed E-state index contributed by atoms with van der Waals surface area (Å²) in [5.74, 6) is -0.826. The van der Waals surface area contributed by atoms with Gasteiger partial charge in [0.15, 0.2) is 6.54 Å². The average molecular weight is 402 g/mol. The number of nitrogens with one attached hydrogen (secondary N) is 3. The van der Waals surface area contributed by atoms with Crippen molar-refractivity contribution in [3.05, 3.63) is 58.3 Å². The molecule has 0 aliphatic carbocycles. The van der Waals surface area contributed by atoms with Gasteiger partial charge in [-0.25, -0.2) is 4.79 Å². The number of quaternary nitrogens is 1. The molecule has 4 amide bonds. The van der Waals surface area contributed by atoms with Gasteiger partial charge < -0.3 is 10.2 Å². The fraction of sp³-hybridized carbons (Fsp3) is 0.350. The highest BCUT2D eigenvalue weighted by Crippen LogP contribution is 2.31. The Morgan fingerprint density at radius 2 is 1.93 bits per heavy atom. The van der Waals surface area contributed by atoms with Crippen LogP contribution in [0.15, 0.2) is 47.8 Å². The Hall–Kier alpha value is -2.71. The standard InChI is InChI=1S/C20H24N4O3S/c1-3-20(15-9-6-5-7-10-15)18(26)24(19(27)21-20)22-17(25)14-23(4-2)13-16-11-8-12-28-16/h5-12H,3-4,13-14H2,1-2H3,(H,21,27)(H,22,25)/p+1/t20-/m1/s1. The second-order valence-corrected chi connectivity index (χ2v) is 7.80. The molecule has 1 aliphatic heterocycles. The van der Waals surface area contributed by atoms with Crippen molar-refractivity contribution >= 4 is 29.2 Å². The molecule has 148 valence electrons. The summed E-state index contributed by atoms with van der Waals surface area (Å²) in [6.45, 7) is 5.50. The Labute approximate surface area is 168 Å². The molecule has 0 spiro atoms. The molecule has 2 aromatic rings. The van der Waals surface area contributed by atoms with Crippen molar-refractivity contribution in [2.75, 3.05) is 13.1 Å². The van der Waals surface area contributed by atoms with Crippen LogP contribution in [0.5, 0.6) is 0 Å². The molecule has 1 aromatic carbocycles. The van der Waals surface area contributed by atoms with Crippen LogP contribution in [0.3, 0.4) is 0 Å². The SMILES string of the molecule is CC[NH+](CC(=O)NN1C(=O)N[C@](CC)(c2ccccc2)C1=O)Cc1cccs1. The lowest BCUT2D eigenvalue weighted by Gasteiger charge is -2.25. The van der Waals surface area contributed by atoms with Gasteiger partial charge in [0.25, 0.3) is 11.8 Å². The normalized spacial score (nSPS) is 20.1. The van der Waals surface area contributed by atoms with E-state index in [9.17, 15) is 14.4 Å². The monoisotopic (exact) mass is 401 g/mol. The Kier molecular flexibility index (Phi) is 6.11. The lowest BCUT2D eigenvalue weighted by Crippen LogP contribution is -3.11. The van der Waals surface area contributed by atoms with Crippen molar-refractivity contribution < 1.29 is 19.3 Å². The van der Waals surface area contributed by atoms with E-state index < -0.39 is 17.5 Å². The Morgan fingerprint density at radius 1 is 1.18 bits per heavy atom. The summed E-state index contributed by atoms with van der Waals surface area (Å²) in [6.07, 6.45) is 0.388. The quantitative estimate of drug-likeness (QED) is 0.578. The number of nitrogens with zero attached hydrogens (tertiary/aromatic N) is 1.